The molecule has 1 aromatic carbocycles. The maximum absolute atomic E-state index is 12.3. The largest absolute Gasteiger partial charge is 0.484 e. The number of ketones is 1. The number of carbonyl (C=O) groups is 4. The van der Waals surface area contributed by atoms with E-state index in [1.54, 1.807) is 24.3 Å². The van der Waals surface area contributed by atoms with E-state index in [2.05, 4.69) is 10.1 Å². The average Bonchev–Trinajstić information content (AvgIpc) is 2.64. The third kappa shape index (κ3) is 3.32. The number of nitrogens with zero attached hydrogens (tertiary/aromatic N) is 1. The maximum atomic E-state index is 12.3. The summed E-state index contributed by atoms with van der Waals surface area (Å²) in [6.45, 7) is -0.232. The van der Waals surface area contributed by atoms with Crippen molar-refractivity contribution in [3.8, 4) is 5.75 Å². The summed E-state index contributed by atoms with van der Waals surface area (Å²) >= 11 is 1.21. The first-order chi connectivity index (χ1) is 12.0. The number of ether oxygens (including phenoxy) is 2. The Hall–Kier alpha value is -2.55. The third-order valence-electron chi connectivity index (χ3n) is 3.91. The van der Waals surface area contributed by atoms with Crippen LogP contribution in [0, 0.1) is 0 Å². The molecule has 2 unspecified atom stereocenters. The molecule has 8 nitrogen and oxygen atoms in total. The van der Waals surface area contributed by atoms with Gasteiger partial charge in [-0.05, 0) is 12.1 Å². The smallest absolute Gasteiger partial charge is 0.336 e. The molecular weight excluding hydrogens is 348 g/mol. The van der Waals surface area contributed by atoms with Gasteiger partial charge in [0.2, 0.25) is 5.91 Å². The van der Waals surface area contributed by atoms with Crippen molar-refractivity contribution in [1.29, 1.82) is 0 Å². The minimum Gasteiger partial charge on any atom is -0.484 e. The van der Waals surface area contributed by atoms with E-state index in [1.165, 1.54) is 16.7 Å². The van der Waals surface area contributed by atoms with Gasteiger partial charge in [0.1, 0.15) is 17.2 Å². The highest BCUT2D eigenvalue weighted by atomic mass is 32.2. The fourth-order valence-electron chi connectivity index (χ4n) is 2.71. The van der Waals surface area contributed by atoms with E-state index < -0.39 is 35.2 Å². The van der Waals surface area contributed by atoms with E-state index in [9.17, 15) is 19.2 Å². The molecular formula is C16H16N2O6S. The Labute approximate surface area is 147 Å². The van der Waals surface area contributed by atoms with Gasteiger partial charge in [-0.1, -0.05) is 18.2 Å². The van der Waals surface area contributed by atoms with Crippen LogP contribution in [0.15, 0.2) is 30.3 Å². The molecule has 2 aliphatic heterocycles. The summed E-state index contributed by atoms with van der Waals surface area (Å²) in [7, 11) is 1.16. The van der Waals surface area contributed by atoms with Gasteiger partial charge < -0.3 is 19.7 Å². The summed E-state index contributed by atoms with van der Waals surface area (Å²) in [6, 6.07) is 6.81. The quantitative estimate of drug-likeness (QED) is 0.430. The van der Waals surface area contributed by atoms with Gasteiger partial charge in [-0.15, -0.1) is 11.8 Å². The number of rotatable bonds is 5. The lowest BCUT2D eigenvalue weighted by molar-refractivity contribution is -0.166. The number of para-hydroxylation sites is 1. The number of β-lactam (4-membered cyclic amide) rings is 1. The Morgan fingerprint density at radius 1 is 1.28 bits per heavy atom. The van der Waals surface area contributed by atoms with Crippen molar-refractivity contribution < 1.29 is 28.7 Å². The zero-order chi connectivity index (χ0) is 18.0. The zero-order valence-corrected chi connectivity index (χ0v) is 14.2. The highest BCUT2D eigenvalue weighted by molar-refractivity contribution is 8.00. The first kappa shape index (κ1) is 17.3. The number of benzene rings is 1. The lowest BCUT2D eigenvalue weighted by Gasteiger charge is -2.51. The number of carbonyl (C=O) groups excluding carboxylic acids is 4. The fourth-order valence-corrected chi connectivity index (χ4v) is 3.97. The Bertz CT molecular complexity index is 702. The molecule has 2 fully saturated rings. The number of hydrogen-bond donors (Lipinski definition) is 1. The highest BCUT2D eigenvalue weighted by Gasteiger charge is 2.58. The summed E-state index contributed by atoms with van der Waals surface area (Å²) in [5.41, 5.74) is 0. The summed E-state index contributed by atoms with van der Waals surface area (Å²) < 4.78 is 9.93. The normalized spacial score (nSPS) is 24.8. The van der Waals surface area contributed by atoms with Gasteiger partial charge in [-0.3, -0.25) is 14.4 Å². The lowest BCUT2D eigenvalue weighted by atomic mass is 10.0. The van der Waals surface area contributed by atoms with Crippen LogP contribution in [0.5, 0.6) is 5.75 Å². The Kier molecular flexibility index (Phi) is 4.93. The van der Waals surface area contributed by atoms with Crippen molar-refractivity contribution >= 4 is 35.3 Å². The van der Waals surface area contributed by atoms with Crippen molar-refractivity contribution in [2.75, 3.05) is 19.5 Å². The molecule has 1 N–H and O–H groups in total. The monoisotopic (exact) mass is 364 g/mol. The molecule has 25 heavy (non-hydrogen) atoms. The van der Waals surface area contributed by atoms with Gasteiger partial charge in [0, 0.05) is 0 Å². The lowest BCUT2D eigenvalue weighted by Crippen LogP contribution is -2.76. The number of thioether (sulfide) groups is 1. The predicted molar refractivity (Wildman–Crippen MR) is 87.8 cm³/mol. The molecule has 3 atom stereocenters. The first-order valence-electron chi connectivity index (χ1n) is 7.54. The number of methoxy groups -OCH3 is 1. The van der Waals surface area contributed by atoms with Gasteiger partial charge >= 0.3 is 5.97 Å². The molecule has 0 radical (unpaired) electrons. The Balaban J connectivity index is 1.58. The molecule has 0 spiro atoms. The molecule has 2 heterocycles. The van der Waals surface area contributed by atoms with Crippen LogP contribution in [0.25, 0.3) is 0 Å². The van der Waals surface area contributed by atoms with Crippen molar-refractivity contribution in [2.24, 2.45) is 0 Å². The second-order valence-electron chi connectivity index (χ2n) is 5.49. The molecule has 0 aromatic heterocycles. The third-order valence-corrected chi connectivity index (χ3v) is 5.21. The predicted octanol–water partition coefficient (Wildman–Crippen LogP) is -0.424. The van der Waals surface area contributed by atoms with Gasteiger partial charge in [0.25, 0.3) is 5.91 Å². The SMILES string of the molecule is COC(=O)C1C(=O)CS[C@H]2C(NC(=O)COc3ccccc3)C(=O)N12. The molecule has 132 valence electrons. The van der Waals surface area contributed by atoms with Crippen LogP contribution in [0.4, 0.5) is 0 Å². The molecule has 1 aromatic rings. The maximum Gasteiger partial charge on any atom is 0.336 e. The van der Waals surface area contributed by atoms with Crippen molar-refractivity contribution in [3.05, 3.63) is 30.3 Å². The van der Waals surface area contributed by atoms with Crippen LogP contribution in [0.3, 0.4) is 0 Å². The molecule has 3 rings (SSSR count). The topological polar surface area (TPSA) is 102 Å². The van der Waals surface area contributed by atoms with E-state index in [0.717, 1.165) is 7.11 Å². The van der Waals surface area contributed by atoms with E-state index in [-0.39, 0.29) is 18.1 Å². The van der Waals surface area contributed by atoms with Crippen LogP contribution < -0.4 is 10.1 Å². The fraction of sp³-hybridized carbons (Fsp3) is 0.375. The van der Waals surface area contributed by atoms with Gasteiger partial charge in [-0.25, -0.2) is 4.79 Å². The van der Waals surface area contributed by atoms with E-state index in [1.807, 2.05) is 6.07 Å². The molecule has 0 aliphatic carbocycles. The summed E-state index contributed by atoms with van der Waals surface area (Å²) in [5.74, 6) is -1.44. The Morgan fingerprint density at radius 2 is 2.00 bits per heavy atom. The van der Waals surface area contributed by atoms with E-state index in [4.69, 9.17) is 4.74 Å². The van der Waals surface area contributed by atoms with Gasteiger partial charge in [0.05, 0.1) is 12.9 Å². The number of amides is 2. The first-order valence-corrected chi connectivity index (χ1v) is 8.59. The highest BCUT2D eigenvalue weighted by Crippen LogP contribution is 2.37. The molecule has 0 bridgehead atoms. The van der Waals surface area contributed by atoms with Gasteiger partial charge in [0.15, 0.2) is 18.4 Å². The minimum atomic E-state index is -1.22. The van der Waals surface area contributed by atoms with E-state index in [0.29, 0.717) is 5.75 Å². The van der Waals surface area contributed by atoms with Crippen LogP contribution in [0.2, 0.25) is 0 Å². The van der Waals surface area contributed by atoms with Crippen LogP contribution in [-0.4, -0.2) is 65.4 Å². The Morgan fingerprint density at radius 3 is 2.68 bits per heavy atom. The number of esters is 1. The number of hydrogen-bond acceptors (Lipinski definition) is 7. The van der Waals surface area contributed by atoms with Crippen molar-refractivity contribution in [3.63, 3.8) is 0 Å². The van der Waals surface area contributed by atoms with Crippen LogP contribution in [0.1, 0.15) is 0 Å². The molecule has 0 saturated carbocycles. The summed E-state index contributed by atoms with van der Waals surface area (Å²) in [4.78, 5) is 49.1. The number of fused-ring (bicyclic) bond motifs is 1. The standard InChI is InChI=1S/C16H16N2O6S/c1-23-16(22)13-10(19)8-25-15-12(14(21)18(13)15)17-11(20)7-24-9-5-3-2-4-6-9/h2-6,12-13,15H,7-8H2,1H3,(H,17,20)/t12?,13?,15-/m0/s1. The molecule has 9 heteroatoms. The van der Waals surface area contributed by atoms with E-state index >= 15 is 0 Å². The summed E-state index contributed by atoms with van der Waals surface area (Å²) in [5, 5.41) is 2.13. The summed E-state index contributed by atoms with van der Waals surface area (Å²) in [6.07, 6.45) is 0. The number of nitrogens with one attached hydrogen (secondary N) is 1. The van der Waals surface area contributed by atoms with Crippen molar-refractivity contribution in [2.45, 2.75) is 17.5 Å². The zero-order valence-electron chi connectivity index (χ0n) is 13.3. The van der Waals surface area contributed by atoms with Gasteiger partial charge in [-0.2, -0.15) is 0 Å². The molecule has 2 aliphatic rings. The van der Waals surface area contributed by atoms with Crippen molar-refractivity contribution in [1.82, 2.24) is 10.2 Å². The van der Waals surface area contributed by atoms with Crippen LogP contribution in [-0.2, 0) is 23.9 Å². The average molecular weight is 364 g/mol. The second-order valence-corrected chi connectivity index (χ2v) is 6.59. The molecule has 2 amide bonds. The number of Topliss-reactive ketones (excluding diaryl/α,β-unsaturated/α-hetero) is 1. The van der Waals surface area contributed by atoms with Crippen LogP contribution >= 0.6 is 11.8 Å². The molecule has 2 saturated heterocycles. The second kappa shape index (κ2) is 7.14. The minimum absolute atomic E-state index is 0.0844.